The lowest BCUT2D eigenvalue weighted by Crippen LogP contribution is -2.15. The van der Waals surface area contributed by atoms with Gasteiger partial charge in [0.15, 0.2) is 0 Å². The molecular weight excluding hydrogens is 493 g/mol. The molecule has 5 atom stereocenters. The van der Waals surface area contributed by atoms with Crippen molar-refractivity contribution in [2.75, 3.05) is 0 Å². The second kappa shape index (κ2) is 12.4. The Morgan fingerprint density at radius 3 is 1.83 bits per heavy atom. The van der Waals surface area contributed by atoms with Crippen LogP contribution in [0.5, 0.6) is 0 Å². The molecule has 1 unspecified atom stereocenters. The number of hydrogen-bond acceptors (Lipinski definition) is 3. The molecule has 7 heteroatoms. The molecule has 0 saturated heterocycles. The Hall–Kier alpha value is -1.82. The summed E-state index contributed by atoms with van der Waals surface area (Å²) in [5, 5.41) is 10.2. The molecule has 3 nitrogen and oxygen atoms in total. The molecule has 1 N–H and O–H groups in total. The molecule has 2 saturated carbocycles. The van der Waals surface area contributed by atoms with Gasteiger partial charge in [-0.15, -0.1) is 0 Å². The lowest BCUT2D eigenvalue weighted by Gasteiger charge is -2.14. The summed E-state index contributed by atoms with van der Waals surface area (Å²) in [7, 11) is 0. The largest absolute Gasteiger partial charge is 0.393 e. The molecule has 35 heavy (non-hydrogen) atoms. The predicted molar refractivity (Wildman–Crippen MR) is 135 cm³/mol. The van der Waals surface area contributed by atoms with Gasteiger partial charge in [0.2, 0.25) is 0 Å². The minimum Gasteiger partial charge on any atom is -0.393 e. The number of benzene rings is 2. The van der Waals surface area contributed by atoms with Crippen LogP contribution in [0.15, 0.2) is 36.4 Å². The Labute approximate surface area is 215 Å². The van der Waals surface area contributed by atoms with Crippen molar-refractivity contribution in [3.63, 3.8) is 0 Å². The summed E-state index contributed by atoms with van der Waals surface area (Å²) < 4.78 is 26.0. The molecule has 2 aromatic carbocycles. The van der Waals surface area contributed by atoms with Crippen molar-refractivity contribution in [1.29, 1.82) is 0 Å². The van der Waals surface area contributed by atoms with Crippen LogP contribution in [-0.4, -0.2) is 22.8 Å². The number of halogens is 4. The highest BCUT2D eigenvalue weighted by molar-refractivity contribution is 6.31. The molecule has 0 aromatic heterocycles. The van der Waals surface area contributed by atoms with E-state index in [-0.39, 0.29) is 39.4 Å². The van der Waals surface area contributed by atoms with Crippen molar-refractivity contribution in [1.82, 2.24) is 0 Å². The first kappa shape index (κ1) is 27.8. The maximum absolute atomic E-state index is 13.0. The van der Waals surface area contributed by atoms with E-state index >= 15 is 0 Å². The van der Waals surface area contributed by atoms with Crippen LogP contribution in [0.1, 0.15) is 57.1 Å². The quantitative estimate of drug-likeness (QED) is 0.441. The average molecular weight is 525 g/mol. The highest BCUT2D eigenvalue weighted by Gasteiger charge is 2.35. The number of aliphatic hydroxyl groups excluding tert-OH is 1. The number of carbonyl (C=O) groups is 2. The fraction of sp³-hybridized carbons (Fsp3) is 0.500. The van der Waals surface area contributed by atoms with Crippen molar-refractivity contribution >= 4 is 34.8 Å². The summed E-state index contributed by atoms with van der Waals surface area (Å²) in [4.78, 5) is 22.6. The van der Waals surface area contributed by atoms with E-state index in [1.54, 1.807) is 38.1 Å². The highest BCUT2D eigenvalue weighted by Crippen LogP contribution is 2.35. The third-order valence-electron chi connectivity index (χ3n) is 7.34. The Morgan fingerprint density at radius 1 is 0.829 bits per heavy atom. The average Bonchev–Trinajstić information content (AvgIpc) is 3.41. The molecule has 2 fully saturated rings. The molecule has 0 aliphatic heterocycles. The first-order valence-electron chi connectivity index (χ1n) is 12.1. The molecule has 0 bridgehead atoms. The van der Waals surface area contributed by atoms with E-state index in [4.69, 9.17) is 23.2 Å². The first-order valence-corrected chi connectivity index (χ1v) is 12.9. The fourth-order valence-corrected chi connectivity index (χ4v) is 5.66. The second-order valence-electron chi connectivity index (χ2n) is 10.00. The Bertz CT molecular complexity index is 1060. The van der Waals surface area contributed by atoms with Gasteiger partial charge in [0.05, 0.1) is 16.1 Å². The van der Waals surface area contributed by atoms with Gasteiger partial charge in [-0.05, 0) is 106 Å². The van der Waals surface area contributed by atoms with E-state index in [0.29, 0.717) is 31.0 Å². The normalized spacial score (nSPS) is 25.7. The zero-order chi connectivity index (χ0) is 25.7. The van der Waals surface area contributed by atoms with E-state index < -0.39 is 11.9 Å². The Kier molecular flexibility index (Phi) is 9.86. The van der Waals surface area contributed by atoms with E-state index in [1.165, 1.54) is 12.1 Å². The lowest BCUT2D eigenvalue weighted by atomic mass is 9.95. The van der Waals surface area contributed by atoms with Crippen molar-refractivity contribution < 1.29 is 23.5 Å². The number of hydrogen-bond donors (Lipinski definition) is 1. The summed E-state index contributed by atoms with van der Waals surface area (Å²) >= 11 is 11.5. The van der Waals surface area contributed by atoms with Crippen LogP contribution in [0.3, 0.4) is 0 Å². The SMILES string of the molecule is CC(=O)[C@@H]1CC(O)[C@@H](Cc2ccc(F)c(Cl)c2)C1.CC(=O)[C@@H]1CC[C@@H](Cc2ccc(F)c(Cl)c2)C1. The van der Waals surface area contributed by atoms with E-state index in [9.17, 15) is 23.5 Å². The number of aliphatic hydroxyl groups is 1. The molecule has 4 rings (SSSR count). The third-order valence-corrected chi connectivity index (χ3v) is 7.92. The molecule has 0 spiro atoms. The van der Waals surface area contributed by atoms with Gasteiger partial charge in [0, 0.05) is 11.8 Å². The molecular formula is C28H32Cl2F2O3. The smallest absolute Gasteiger partial charge is 0.141 e. The summed E-state index contributed by atoms with van der Waals surface area (Å²) in [5.74, 6) is 0.401. The van der Waals surface area contributed by atoms with Crippen LogP contribution < -0.4 is 0 Å². The van der Waals surface area contributed by atoms with Gasteiger partial charge in [0.1, 0.15) is 23.2 Å². The van der Waals surface area contributed by atoms with Crippen LogP contribution in [0.2, 0.25) is 10.0 Å². The summed E-state index contributed by atoms with van der Waals surface area (Å²) in [6.45, 7) is 3.23. The number of carbonyl (C=O) groups excluding carboxylic acids is 2. The molecule has 2 aliphatic rings. The molecule has 0 heterocycles. The van der Waals surface area contributed by atoms with Gasteiger partial charge in [-0.2, -0.15) is 0 Å². The standard InChI is InChI=1S/C14H16ClFO2.C14H16ClFO/c1-8(17)10-6-11(14(18)7-10)4-9-2-3-13(16)12(15)5-9;1-9(17)12-4-2-10(7-12)6-11-3-5-14(16)13(15)8-11/h2-3,5,10-11,14,18H,4,6-7H2,1H3;3,5,8,10,12H,2,4,6-7H2,1H3/t10-,11-,14?;10-,12+/m00/s1. The summed E-state index contributed by atoms with van der Waals surface area (Å²) in [5.41, 5.74) is 1.96. The van der Waals surface area contributed by atoms with Crippen LogP contribution in [-0.2, 0) is 22.4 Å². The topological polar surface area (TPSA) is 54.4 Å². The minimum atomic E-state index is -0.456. The number of rotatable bonds is 6. The minimum absolute atomic E-state index is 0.0408. The van der Waals surface area contributed by atoms with Crippen LogP contribution in [0.25, 0.3) is 0 Å². The second-order valence-corrected chi connectivity index (χ2v) is 10.8. The van der Waals surface area contributed by atoms with Crippen molar-refractivity contribution in [3.05, 3.63) is 69.2 Å². The van der Waals surface area contributed by atoms with E-state index in [2.05, 4.69) is 0 Å². The zero-order valence-corrected chi connectivity index (χ0v) is 21.6. The van der Waals surface area contributed by atoms with Gasteiger partial charge >= 0.3 is 0 Å². The van der Waals surface area contributed by atoms with Gasteiger partial charge in [0.25, 0.3) is 0 Å². The van der Waals surface area contributed by atoms with E-state index in [0.717, 1.165) is 36.8 Å². The van der Waals surface area contributed by atoms with Crippen molar-refractivity contribution in [2.24, 2.45) is 23.7 Å². The fourth-order valence-electron chi connectivity index (χ4n) is 5.25. The highest BCUT2D eigenvalue weighted by atomic mass is 35.5. The van der Waals surface area contributed by atoms with Crippen molar-refractivity contribution in [2.45, 2.75) is 64.9 Å². The number of Topliss-reactive ketones (excluding diaryl/α,β-unsaturated/α-hetero) is 2. The zero-order valence-electron chi connectivity index (χ0n) is 20.1. The Morgan fingerprint density at radius 2 is 1.37 bits per heavy atom. The Balaban J connectivity index is 0.000000196. The predicted octanol–water partition coefficient (Wildman–Crippen LogP) is 7.02. The molecule has 0 radical (unpaired) electrons. The van der Waals surface area contributed by atoms with Gasteiger partial charge in [-0.25, -0.2) is 8.78 Å². The van der Waals surface area contributed by atoms with Gasteiger partial charge < -0.3 is 5.11 Å². The monoisotopic (exact) mass is 524 g/mol. The van der Waals surface area contributed by atoms with Crippen LogP contribution in [0, 0.1) is 35.3 Å². The molecule has 2 aromatic rings. The lowest BCUT2D eigenvalue weighted by molar-refractivity contribution is -0.121. The molecule has 2 aliphatic carbocycles. The van der Waals surface area contributed by atoms with Crippen LogP contribution in [0.4, 0.5) is 8.78 Å². The summed E-state index contributed by atoms with van der Waals surface area (Å²) in [6, 6.07) is 9.48. The summed E-state index contributed by atoms with van der Waals surface area (Å²) in [6.07, 6.45) is 5.34. The van der Waals surface area contributed by atoms with Crippen LogP contribution >= 0.6 is 23.2 Å². The van der Waals surface area contributed by atoms with Gasteiger partial charge in [-0.1, -0.05) is 35.3 Å². The molecule has 190 valence electrons. The van der Waals surface area contributed by atoms with Crippen molar-refractivity contribution in [3.8, 4) is 0 Å². The molecule has 0 amide bonds. The van der Waals surface area contributed by atoms with E-state index in [1.807, 2.05) is 0 Å². The maximum Gasteiger partial charge on any atom is 0.141 e. The number of ketones is 2. The third kappa shape index (κ3) is 7.83. The first-order chi connectivity index (χ1) is 16.5. The maximum atomic E-state index is 13.0. The van der Waals surface area contributed by atoms with Gasteiger partial charge in [-0.3, -0.25) is 9.59 Å².